The zero-order valence-corrected chi connectivity index (χ0v) is 20.5. The second-order valence-corrected chi connectivity index (χ2v) is 8.82. The number of urea groups is 1. The van der Waals surface area contributed by atoms with Gasteiger partial charge in [-0.1, -0.05) is 66.2 Å². The number of anilines is 2. The molecule has 4 aromatic carbocycles. The number of carboxylic acid groups (broad SMARTS) is 1. The molecule has 0 aliphatic rings. The highest BCUT2D eigenvalue weighted by atomic mass is 35.5. The monoisotopic (exact) mass is 519 g/mol. The number of carbonyl (C=O) groups excluding carboxylic acids is 2. The fraction of sp³-hybridized carbons (Fsp3) is 0.107. The second-order valence-electron chi connectivity index (χ2n) is 8.42. The maximum atomic E-state index is 14.1. The first kappa shape index (κ1) is 25.7. The first-order chi connectivity index (χ1) is 17.7. The zero-order chi connectivity index (χ0) is 26.5. The van der Waals surface area contributed by atoms with Gasteiger partial charge in [0.05, 0.1) is 22.0 Å². The summed E-state index contributed by atoms with van der Waals surface area (Å²) in [4.78, 5) is 38.0. The number of aliphatic carboxylic acids is 1. The molecule has 0 fully saturated rings. The van der Waals surface area contributed by atoms with E-state index in [1.165, 1.54) is 18.2 Å². The van der Waals surface area contributed by atoms with Crippen LogP contribution in [0.5, 0.6) is 0 Å². The Hall–Kier alpha value is -4.43. The van der Waals surface area contributed by atoms with Gasteiger partial charge in [-0.15, -0.1) is 0 Å². The van der Waals surface area contributed by atoms with Crippen LogP contribution in [0.4, 0.5) is 20.6 Å². The number of carbonyl (C=O) groups is 3. The van der Waals surface area contributed by atoms with Crippen molar-refractivity contribution in [2.24, 2.45) is 0 Å². The molecule has 1 atom stereocenters. The Kier molecular flexibility index (Phi) is 7.69. The Bertz CT molecular complexity index is 1490. The van der Waals surface area contributed by atoms with E-state index in [1.807, 2.05) is 12.1 Å². The molecular formula is C28H23ClFN3O4. The molecule has 0 unspecified atom stereocenters. The Morgan fingerprint density at radius 2 is 1.59 bits per heavy atom. The molecule has 37 heavy (non-hydrogen) atoms. The van der Waals surface area contributed by atoms with Gasteiger partial charge in [-0.25, -0.2) is 14.0 Å². The van der Waals surface area contributed by atoms with Crippen molar-refractivity contribution < 1.29 is 23.9 Å². The second kappa shape index (κ2) is 11.1. The maximum Gasteiger partial charge on any atom is 0.326 e. The molecule has 4 N–H and O–H groups in total. The number of carboxylic acids is 1. The molecule has 188 valence electrons. The van der Waals surface area contributed by atoms with Crippen molar-refractivity contribution in [3.8, 4) is 0 Å². The van der Waals surface area contributed by atoms with E-state index in [0.717, 1.165) is 10.9 Å². The number of hydrogen-bond donors (Lipinski definition) is 4. The molecule has 4 aromatic rings. The van der Waals surface area contributed by atoms with Gasteiger partial charge in [0.1, 0.15) is 11.9 Å². The third kappa shape index (κ3) is 6.05. The predicted octanol–water partition coefficient (Wildman–Crippen LogP) is 6.01. The van der Waals surface area contributed by atoms with Crippen LogP contribution in [0.2, 0.25) is 5.02 Å². The number of amides is 3. The van der Waals surface area contributed by atoms with Gasteiger partial charge in [-0.05, 0) is 53.1 Å². The number of nitrogens with one attached hydrogen (secondary N) is 3. The van der Waals surface area contributed by atoms with Crippen LogP contribution < -0.4 is 16.0 Å². The molecule has 3 amide bonds. The number of rotatable bonds is 7. The molecule has 0 bridgehead atoms. The maximum absolute atomic E-state index is 14.1. The van der Waals surface area contributed by atoms with E-state index in [1.54, 1.807) is 55.5 Å². The van der Waals surface area contributed by atoms with Crippen molar-refractivity contribution in [1.82, 2.24) is 5.32 Å². The highest BCUT2D eigenvalue weighted by molar-refractivity contribution is 6.34. The van der Waals surface area contributed by atoms with Crippen molar-refractivity contribution in [3.63, 3.8) is 0 Å². The molecule has 4 rings (SSSR count). The molecule has 0 saturated heterocycles. The van der Waals surface area contributed by atoms with Crippen LogP contribution in [-0.4, -0.2) is 29.1 Å². The Morgan fingerprint density at radius 3 is 2.27 bits per heavy atom. The fourth-order valence-electron chi connectivity index (χ4n) is 3.91. The van der Waals surface area contributed by atoms with Crippen LogP contribution in [-0.2, 0) is 11.2 Å². The van der Waals surface area contributed by atoms with Crippen LogP contribution in [0.3, 0.4) is 0 Å². The molecule has 0 heterocycles. The van der Waals surface area contributed by atoms with E-state index < -0.39 is 29.8 Å². The molecule has 0 aromatic heterocycles. The van der Waals surface area contributed by atoms with Gasteiger partial charge in [0.15, 0.2) is 0 Å². The molecule has 0 aliphatic carbocycles. The summed E-state index contributed by atoms with van der Waals surface area (Å²) >= 11 is 6.21. The Morgan fingerprint density at radius 1 is 0.919 bits per heavy atom. The van der Waals surface area contributed by atoms with Crippen molar-refractivity contribution in [1.29, 1.82) is 0 Å². The first-order valence-corrected chi connectivity index (χ1v) is 11.7. The van der Waals surface area contributed by atoms with Gasteiger partial charge in [0.2, 0.25) is 0 Å². The Labute approximate surface area is 217 Å². The first-order valence-electron chi connectivity index (χ1n) is 11.4. The smallest absolute Gasteiger partial charge is 0.326 e. The quantitative estimate of drug-likeness (QED) is 0.240. The lowest BCUT2D eigenvalue weighted by Gasteiger charge is -2.18. The van der Waals surface area contributed by atoms with E-state index in [-0.39, 0.29) is 23.2 Å². The van der Waals surface area contributed by atoms with Crippen molar-refractivity contribution in [2.45, 2.75) is 19.4 Å². The van der Waals surface area contributed by atoms with Crippen molar-refractivity contribution in [2.75, 3.05) is 10.6 Å². The molecular weight excluding hydrogens is 497 g/mol. The number of benzene rings is 4. The topological polar surface area (TPSA) is 108 Å². The van der Waals surface area contributed by atoms with Gasteiger partial charge in [0, 0.05) is 6.42 Å². The average Bonchev–Trinajstić information content (AvgIpc) is 2.86. The lowest BCUT2D eigenvalue weighted by atomic mass is 10.0. The summed E-state index contributed by atoms with van der Waals surface area (Å²) in [6, 6.07) is 19.3. The van der Waals surface area contributed by atoms with Gasteiger partial charge in [-0.2, -0.15) is 0 Å². The number of fused-ring (bicyclic) bond motifs is 1. The molecule has 0 spiro atoms. The standard InChI is InChI=1S/C28H23ClFN3O4/c1-16-7-6-11-21(29)25(16)33-28(37)32-23-14-18-9-3-2-8-17(18)13-20(23)26(34)31-24(27(35)36)15-19-10-4-5-12-22(19)30/h2-14,24H,15H2,1H3,(H,31,34)(H,35,36)(H2,32,33,37)/t24-/m1/s1. The summed E-state index contributed by atoms with van der Waals surface area (Å²) in [5.41, 5.74) is 1.53. The van der Waals surface area contributed by atoms with E-state index in [2.05, 4.69) is 16.0 Å². The number of halogens is 2. The summed E-state index contributed by atoms with van der Waals surface area (Å²) < 4.78 is 14.1. The molecule has 7 nitrogen and oxygen atoms in total. The Balaban J connectivity index is 1.63. The van der Waals surface area contributed by atoms with Crippen LogP contribution in [0.25, 0.3) is 10.8 Å². The largest absolute Gasteiger partial charge is 0.480 e. The van der Waals surface area contributed by atoms with E-state index in [9.17, 15) is 23.9 Å². The number of para-hydroxylation sites is 1. The summed E-state index contributed by atoms with van der Waals surface area (Å²) in [6.07, 6.45) is -0.254. The minimum atomic E-state index is -1.40. The van der Waals surface area contributed by atoms with Crippen LogP contribution in [0.1, 0.15) is 21.5 Å². The minimum Gasteiger partial charge on any atom is -0.480 e. The lowest BCUT2D eigenvalue weighted by Crippen LogP contribution is -2.42. The SMILES string of the molecule is Cc1cccc(Cl)c1NC(=O)Nc1cc2ccccc2cc1C(=O)N[C@H](Cc1ccccc1F)C(=O)O. The van der Waals surface area contributed by atoms with Crippen molar-refractivity contribution in [3.05, 3.63) is 106 Å². The van der Waals surface area contributed by atoms with Gasteiger partial charge in [0.25, 0.3) is 5.91 Å². The average molecular weight is 520 g/mol. The lowest BCUT2D eigenvalue weighted by molar-refractivity contribution is -0.139. The molecule has 0 aliphatic heterocycles. The predicted molar refractivity (Wildman–Crippen MR) is 142 cm³/mol. The van der Waals surface area contributed by atoms with Gasteiger partial charge in [-0.3, -0.25) is 4.79 Å². The van der Waals surface area contributed by atoms with E-state index in [4.69, 9.17) is 11.6 Å². The molecule has 0 saturated carbocycles. The van der Waals surface area contributed by atoms with Crippen LogP contribution in [0, 0.1) is 12.7 Å². The van der Waals surface area contributed by atoms with E-state index in [0.29, 0.717) is 16.1 Å². The van der Waals surface area contributed by atoms with E-state index >= 15 is 0 Å². The third-order valence-electron chi connectivity index (χ3n) is 5.82. The third-order valence-corrected chi connectivity index (χ3v) is 6.14. The highest BCUT2D eigenvalue weighted by Gasteiger charge is 2.24. The summed E-state index contributed by atoms with van der Waals surface area (Å²) in [7, 11) is 0. The summed E-state index contributed by atoms with van der Waals surface area (Å²) in [6.45, 7) is 1.79. The van der Waals surface area contributed by atoms with Crippen LogP contribution in [0.15, 0.2) is 78.9 Å². The zero-order valence-electron chi connectivity index (χ0n) is 19.7. The summed E-state index contributed by atoms with van der Waals surface area (Å²) in [5.74, 6) is -2.62. The highest BCUT2D eigenvalue weighted by Crippen LogP contribution is 2.27. The number of aryl methyl sites for hydroxylation is 1. The fourth-order valence-corrected chi connectivity index (χ4v) is 4.18. The number of hydrogen-bond acceptors (Lipinski definition) is 3. The van der Waals surface area contributed by atoms with Crippen molar-refractivity contribution >= 4 is 51.7 Å². The molecule has 0 radical (unpaired) electrons. The minimum absolute atomic E-state index is 0.0458. The van der Waals surface area contributed by atoms with Crippen LogP contribution >= 0.6 is 11.6 Å². The summed E-state index contributed by atoms with van der Waals surface area (Å²) in [5, 5.41) is 19.3. The normalized spacial score (nSPS) is 11.5. The molecule has 9 heteroatoms. The van der Waals surface area contributed by atoms with Gasteiger partial charge < -0.3 is 21.1 Å². The van der Waals surface area contributed by atoms with Gasteiger partial charge >= 0.3 is 12.0 Å².